The summed E-state index contributed by atoms with van der Waals surface area (Å²) in [5.74, 6) is -1.98. The van der Waals surface area contributed by atoms with Gasteiger partial charge in [-0.3, -0.25) is 9.59 Å². The Balaban J connectivity index is 2.79. The van der Waals surface area contributed by atoms with Crippen molar-refractivity contribution in [3.05, 3.63) is 0 Å². The second-order valence-electron chi connectivity index (χ2n) is 6.53. The summed E-state index contributed by atoms with van der Waals surface area (Å²) < 4.78 is 0. The fourth-order valence-corrected chi connectivity index (χ4v) is 2.54. The molecule has 7 nitrogen and oxygen atoms in total. The third-order valence-corrected chi connectivity index (χ3v) is 4.07. The van der Waals surface area contributed by atoms with E-state index in [1.165, 1.54) is 4.90 Å². The first-order valence-electron chi connectivity index (χ1n) is 7.76. The van der Waals surface area contributed by atoms with E-state index in [0.29, 0.717) is 19.4 Å². The summed E-state index contributed by atoms with van der Waals surface area (Å²) in [5.41, 5.74) is 5.88. The fourth-order valence-electron chi connectivity index (χ4n) is 2.54. The van der Waals surface area contributed by atoms with E-state index in [9.17, 15) is 14.4 Å². The summed E-state index contributed by atoms with van der Waals surface area (Å²) in [4.78, 5) is 37.4. The highest BCUT2D eigenvalue weighted by Gasteiger charge is 2.38. The van der Waals surface area contributed by atoms with Gasteiger partial charge in [-0.25, -0.2) is 4.79 Å². The molecule has 1 saturated heterocycles. The normalized spacial score (nSPS) is 21.0. The highest BCUT2D eigenvalue weighted by Crippen LogP contribution is 2.20. The van der Waals surface area contributed by atoms with Gasteiger partial charge in [-0.15, -0.1) is 0 Å². The van der Waals surface area contributed by atoms with E-state index in [1.54, 1.807) is 13.8 Å². The predicted octanol–water partition coefficient (Wildman–Crippen LogP) is 0.186. The molecule has 7 heteroatoms. The number of rotatable bonds is 6. The first kappa shape index (κ1) is 18.4. The van der Waals surface area contributed by atoms with Crippen LogP contribution < -0.4 is 11.1 Å². The summed E-state index contributed by atoms with van der Waals surface area (Å²) in [6.45, 7) is 7.65. The van der Waals surface area contributed by atoms with E-state index in [1.807, 2.05) is 13.8 Å². The van der Waals surface area contributed by atoms with Crippen LogP contribution in [0.25, 0.3) is 0 Å². The maximum absolute atomic E-state index is 12.4. The highest BCUT2D eigenvalue weighted by molar-refractivity contribution is 5.92. The molecule has 1 fully saturated rings. The van der Waals surface area contributed by atoms with Crippen LogP contribution in [0.1, 0.15) is 40.5 Å². The van der Waals surface area contributed by atoms with Gasteiger partial charge >= 0.3 is 5.97 Å². The molecule has 0 saturated carbocycles. The number of likely N-dealkylation sites (tertiary alicyclic amines) is 1. The molecule has 2 amide bonds. The molecule has 0 aromatic carbocycles. The Morgan fingerprint density at radius 2 is 1.77 bits per heavy atom. The number of carboxylic acid groups (broad SMARTS) is 1. The Morgan fingerprint density at radius 3 is 2.23 bits per heavy atom. The van der Waals surface area contributed by atoms with Gasteiger partial charge in [-0.05, 0) is 24.7 Å². The van der Waals surface area contributed by atoms with E-state index >= 15 is 0 Å². The van der Waals surface area contributed by atoms with Crippen LogP contribution in [0.2, 0.25) is 0 Å². The lowest BCUT2D eigenvalue weighted by Gasteiger charge is -2.29. The molecular weight excluding hydrogens is 286 g/mol. The molecule has 0 aliphatic carbocycles. The summed E-state index contributed by atoms with van der Waals surface area (Å²) in [6, 6.07) is -2.23. The smallest absolute Gasteiger partial charge is 0.326 e. The topological polar surface area (TPSA) is 113 Å². The molecule has 0 bridgehead atoms. The molecule has 3 unspecified atom stereocenters. The third-order valence-electron chi connectivity index (χ3n) is 4.07. The molecular formula is C15H27N3O4. The maximum Gasteiger partial charge on any atom is 0.326 e. The Bertz CT molecular complexity index is 437. The number of carbonyl (C=O) groups excluding carboxylic acids is 2. The Kier molecular flexibility index (Phi) is 6.34. The molecule has 4 N–H and O–H groups in total. The molecule has 3 atom stereocenters. The molecule has 1 aliphatic rings. The number of nitrogens with zero attached hydrogens (tertiary/aromatic N) is 1. The molecule has 1 rings (SSSR count). The van der Waals surface area contributed by atoms with Crippen LogP contribution in [0, 0.1) is 11.8 Å². The molecule has 0 radical (unpaired) electrons. The van der Waals surface area contributed by atoms with Crippen LogP contribution in [-0.2, 0) is 14.4 Å². The van der Waals surface area contributed by atoms with E-state index in [-0.39, 0.29) is 17.7 Å². The number of nitrogens with two attached hydrogens (primary N) is 1. The summed E-state index contributed by atoms with van der Waals surface area (Å²) in [5, 5.41) is 11.7. The van der Waals surface area contributed by atoms with Gasteiger partial charge < -0.3 is 21.1 Å². The second kappa shape index (κ2) is 7.58. The minimum atomic E-state index is -1.07. The number of aliphatic carboxylic acids is 1. The number of amides is 2. The van der Waals surface area contributed by atoms with Crippen molar-refractivity contribution in [1.29, 1.82) is 0 Å². The van der Waals surface area contributed by atoms with E-state index in [4.69, 9.17) is 10.8 Å². The Morgan fingerprint density at radius 1 is 1.18 bits per heavy atom. The third kappa shape index (κ3) is 4.19. The van der Waals surface area contributed by atoms with Crippen LogP contribution in [0.4, 0.5) is 0 Å². The largest absolute Gasteiger partial charge is 0.480 e. The zero-order valence-electron chi connectivity index (χ0n) is 13.7. The van der Waals surface area contributed by atoms with Crippen LogP contribution in [0.3, 0.4) is 0 Å². The zero-order chi connectivity index (χ0) is 17.0. The molecule has 22 heavy (non-hydrogen) atoms. The Labute approximate surface area is 131 Å². The standard InChI is InChI=1S/C15H27N3O4/c1-8(2)11(16)14(20)18-7-5-6-10(18)13(19)17-12(9(3)4)15(21)22/h8-12H,5-7,16H2,1-4H3,(H,17,19)(H,21,22). The molecule has 1 aliphatic heterocycles. The maximum atomic E-state index is 12.4. The monoisotopic (exact) mass is 313 g/mol. The van der Waals surface area contributed by atoms with Crippen molar-refractivity contribution >= 4 is 17.8 Å². The molecule has 126 valence electrons. The number of hydrogen-bond acceptors (Lipinski definition) is 4. The van der Waals surface area contributed by atoms with E-state index in [0.717, 1.165) is 0 Å². The lowest BCUT2D eigenvalue weighted by molar-refractivity contribution is -0.145. The van der Waals surface area contributed by atoms with E-state index < -0.39 is 30.0 Å². The van der Waals surface area contributed by atoms with Crippen LogP contribution >= 0.6 is 0 Å². The van der Waals surface area contributed by atoms with Gasteiger partial charge in [0.15, 0.2) is 0 Å². The van der Waals surface area contributed by atoms with Crippen LogP contribution in [-0.4, -0.2) is 52.5 Å². The van der Waals surface area contributed by atoms with Gasteiger partial charge in [0.1, 0.15) is 12.1 Å². The van der Waals surface area contributed by atoms with Crippen molar-refractivity contribution in [2.24, 2.45) is 17.6 Å². The van der Waals surface area contributed by atoms with Crippen LogP contribution in [0.15, 0.2) is 0 Å². The second-order valence-corrected chi connectivity index (χ2v) is 6.53. The van der Waals surface area contributed by atoms with Crippen LogP contribution in [0.5, 0.6) is 0 Å². The summed E-state index contributed by atoms with van der Waals surface area (Å²) >= 11 is 0. The average Bonchev–Trinajstić information content (AvgIpc) is 2.91. The van der Waals surface area contributed by atoms with Crippen molar-refractivity contribution in [2.75, 3.05) is 6.54 Å². The SMILES string of the molecule is CC(C)C(N)C(=O)N1CCCC1C(=O)NC(C(=O)O)C(C)C. The lowest BCUT2D eigenvalue weighted by atomic mass is 10.0. The molecule has 1 heterocycles. The van der Waals surface area contributed by atoms with Gasteiger partial charge in [-0.2, -0.15) is 0 Å². The number of nitrogens with one attached hydrogen (secondary N) is 1. The van der Waals surface area contributed by atoms with Crippen molar-refractivity contribution in [3.8, 4) is 0 Å². The van der Waals surface area contributed by atoms with Gasteiger partial charge in [0, 0.05) is 6.54 Å². The van der Waals surface area contributed by atoms with E-state index in [2.05, 4.69) is 5.32 Å². The first-order chi connectivity index (χ1) is 10.2. The molecule has 0 spiro atoms. The average molecular weight is 313 g/mol. The highest BCUT2D eigenvalue weighted by atomic mass is 16.4. The first-order valence-corrected chi connectivity index (χ1v) is 7.76. The molecule has 0 aromatic heterocycles. The number of carboxylic acids is 1. The van der Waals surface area contributed by atoms with Crippen molar-refractivity contribution in [2.45, 2.75) is 58.7 Å². The Hall–Kier alpha value is -1.63. The summed E-state index contributed by atoms with van der Waals surface area (Å²) in [7, 11) is 0. The quantitative estimate of drug-likeness (QED) is 0.648. The van der Waals surface area contributed by atoms with Crippen molar-refractivity contribution < 1.29 is 19.5 Å². The number of hydrogen-bond donors (Lipinski definition) is 3. The zero-order valence-corrected chi connectivity index (χ0v) is 13.7. The van der Waals surface area contributed by atoms with Gasteiger partial charge in [0.2, 0.25) is 11.8 Å². The number of carbonyl (C=O) groups is 3. The van der Waals surface area contributed by atoms with Crippen molar-refractivity contribution in [1.82, 2.24) is 10.2 Å². The lowest BCUT2D eigenvalue weighted by Crippen LogP contribution is -2.55. The fraction of sp³-hybridized carbons (Fsp3) is 0.800. The minimum absolute atomic E-state index is 0.0146. The predicted molar refractivity (Wildman–Crippen MR) is 82.0 cm³/mol. The minimum Gasteiger partial charge on any atom is -0.480 e. The molecule has 0 aromatic rings. The summed E-state index contributed by atoms with van der Waals surface area (Å²) in [6.07, 6.45) is 1.25. The van der Waals surface area contributed by atoms with Gasteiger partial charge in [0.25, 0.3) is 0 Å². The van der Waals surface area contributed by atoms with Crippen molar-refractivity contribution in [3.63, 3.8) is 0 Å². The van der Waals surface area contributed by atoms with Gasteiger partial charge in [0.05, 0.1) is 6.04 Å². The van der Waals surface area contributed by atoms with Gasteiger partial charge in [-0.1, -0.05) is 27.7 Å².